The SMILES string of the molecule is COc1ccc2c(c1)O/C(=C\c1ccc[nH]1)C2=O. The summed E-state index contributed by atoms with van der Waals surface area (Å²) in [5.41, 5.74) is 1.40. The maximum atomic E-state index is 12.1. The number of methoxy groups -OCH3 is 1. The van der Waals surface area contributed by atoms with Gasteiger partial charge in [-0.1, -0.05) is 0 Å². The Morgan fingerprint density at radius 3 is 2.94 bits per heavy atom. The van der Waals surface area contributed by atoms with E-state index in [0.29, 0.717) is 22.8 Å². The van der Waals surface area contributed by atoms with Gasteiger partial charge >= 0.3 is 0 Å². The summed E-state index contributed by atoms with van der Waals surface area (Å²) >= 11 is 0. The van der Waals surface area contributed by atoms with Gasteiger partial charge in [-0.25, -0.2) is 0 Å². The van der Waals surface area contributed by atoms with E-state index in [1.807, 2.05) is 12.1 Å². The van der Waals surface area contributed by atoms with Gasteiger partial charge in [-0.2, -0.15) is 0 Å². The van der Waals surface area contributed by atoms with Crippen LogP contribution in [0.25, 0.3) is 6.08 Å². The van der Waals surface area contributed by atoms with Crippen LogP contribution in [-0.4, -0.2) is 17.9 Å². The Kier molecular flexibility index (Phi) is 2.41. The first-order chi connectivity index (χ1) is 8.78. The normalized spacial score (nSPS) is 15.6. The molecule has 0 radical (unpaired) electrons. The van der Waals surface area contributed by atoms with Gasteiger partial charge in [0, 0.05) is 24.0 Å². The molecule has 4 heteroatoms. The third-order valence-corrected chi connectivity index (χ3v) is 2.79. The number of nitrogens with one attached hydrogen (secondary N) is 1. The van der Waals surface area contributed by atoms with Gasteiger partial charge in [-0.15, -0.1) is 0 Å². The number of benzene rings is 1. The number of H-pyrrole nitrogens is 1. The highest BCUT2D eigenvalue weighted by molar-refractivity contribution is 6.14. The molecule has 1 aliphatic rings. The second-order valence-electron chi connectivity index (χ2n) is 3.93. The monoisotopic (exact) mass is 241 g/mol. The lowest BCUT2D eigenvalue weighted by atomic mass is 10.1. The van der Waals surface area contributed by atoms with Crippen molar-refractivity contribution in [3.63, 3.8) is 0 Å². The number of aromatic amines is 1. The summed E-state index contributed by atoms with van der Waals surface area (Å²) in [6.07, 6.45) is 3.48. The van der Waals surface area contributed by atoms with Gasteiger partial charge in [0.1, 0.15) is 11.5 Å². The Bertz CT molecular complexity index is 626. The van der Waals surface area contributed by atoms with Crippen LogP contribution in [0.3, 0.4) is 0 Å². The number of carbonyl (C=O) groups excluding carboxylic acids is 1. The summed E-state index contributed by atoms with van der Waals surface area (Å²) in [6, 6.07) is 8.90. The summed E-state index contributed by atoms with van der Waals surface area (Å²) in [7, 11) is 1.58. The van der Waals surface area contributed by atoms with Crippen molar-refractivity contribution in [3.05, 3.63) is 53.5 Å². The van der Waals surface area contributed by atoms with Crippen LogP contribution in [0.4, 0.5) is 0 Å². The van der Waals surface area contributed by atoms with Gasteiger partial charge in [-0.05, 0) is 24.3 Å². The first-order valence-corrected chi connectivity index (χ1v) is 5.53. The molecule has 0 spiro atoms. The van der Waals surface area contributed by atoms with Crippen molar-refractivity contribution >= 4 is 11.9 Å². The highest BCUT2D eigenvalue weighted by Gasteiger charge is 2.27. The fourth-order valence-corrected chi connectivity index (χ4v) is 1.87. The molecular formula is C14H11NO3. The van der Waals surface area contributed by atoms with E-state index in [0.717, 1.165) is 5.69 Å². The molecular weight excluding hydrogens is 230 g/mol. The standard InChI is InChI=1S/C14H11NO3/c1-17-10-4-5-11-12(8-10)18-13(14(11)16)7-9-3-2-6-15-9/h2-8,15H,1H3/b13-7-. The van der Waals surface area contributed by atoms with Crippen LogP contribution in [0.5, 0.6) is 11.5 Å². The lowest BCUT2D eigenvalue weighted by molar-refractivity contribution is 0.101. The number of Topliss-reactive ketones (excluding diaryl/α,β-unsaturated/α-hetero) is 1. The molecule has 0 saturated carbocycles. The number of hydrogen-bond donors (Lipinski definition) is 1. The number of ketones is 1. The molecule has 2 aromatic rings. The number of carbonyl (C=O) groups is 1. The number of ether oxygens (including phenoxy) is 2. The van der Waals surface area contributed by atoms with Gasteiger partial charge in [0.25, 0.3) is 0 Å². The van der Waals surface area contributed by atoms with Gasteiger partial charge in [0.2, 0.25) is 5.78 Å². The molecule has 1 aliphatic heterocycles. The van der Waals surface area contributed by atoms with Crippen LogP contribution < -0.4 is 9.47 Å². The molecule has 0 atom stereocenters. The van der Waals surface area contributed by atoms with Crippen molar-refractivity contribution in [1.29, 1.82) is 0 Å². The fourth-order valence-electron chi connectivity index (χ4n) is 1.87. The smallest absolute Gasteiger partial charge is 0.232 e. The van der Waals surface area contributed by atoms with Gasteiger partial charge in [0.15, 0.2) is 5.76 Å². The predicted molar refractivity (Wildman–Crippen MR) is 66.7 cm³/mol. The lowest BCUT2D eigenvalue weighted by Crippen LogP contribution is -1.97. The number of aromatic nitrogens is 1. The molecule has 1 N–H and O–H groups in total. The Morgan fingerprint density at radius 2 is 2.22 bits per heavy atom. The van der Waals surface area contributed by atoms with Gasteiger partial charge in [0.05, 0.1) is 12.7 Å². The zero-order valence-corrected chi connectivity index (χ0v) is 9.77. The molecule has 90 valence electrons. The highest BCUT2D eigenvalue weighted by Crippen LogP contribution is 2.34. The van der Waals surface area contributed by atoms with Crippen molar-refractivity contribution in [3.8, 4) is 11.5 Å². The van der Waals surface area contributed by atoms with Crippen LogP contribution in [0.1, 0.15) is 16.1 Å². The van der Waals surface area contributed by atoms with E-state index >= 15 is 0 Å². The summed E-state index contributed by atoms with van der Waals surface area (Å²) in [5, 5.41) is 0. The van der Waals surface area contributed by atoms with E-state index in [9.17, 15) is 4.79 Å². The summed E-state index contributed by atoms with van der Waals surface area (Å²) in [5.74, 6) is 1.42. The molecule has 3 rings (SSSR count). The summed E-state index contributed by atoms with van der Waals surface area (Å²) in [4.78, 5) is 15.1. The van der Waals surface area contributed by atoms with Crippen LogP contribution in [-0.2, 0) is 0 Å². The first-order valence-electron chi connectivity index (χ1n) is 5.53. The lowest BCUT2D eigenvalue weighted by Gasteiger charge is -2.01. The second-order valence-corrected chi connectivity index (χ2v) is 3.93. The first kappa shape index (κ1) is 10.7. The Morgan fingerprint density at radius 1 is 1.33 bits per heavy atom. The second kappa shape index (κ2) is 4.07. The van der Waals surface area contributed by atoms with Crippen LogP contribution in [0.15, 0.2) is 42.3 Å². The Balaban J connectivity index is 1.98. The van der Waals surface area contributed by atoms with E-state index in [-0.39, 0.29) is 5.78 Å². The maximum Gasteiger partial charge on any atom is 0.232 e. The van der Waals surface area contributed by atoms with Crippen molar-refractivity contribution in [2.45, 2.75) is 0 Å². The van der Waals surface area contributed by atoms with Crippen LogP contribution in [0.2, 0.25) is 0 Å². The number of hydrogen-bond acceptors (Lipinski definition) is 3. The van der Waals surface area contributed by atoms with E-state index < -0.39 is 0 Å². The van der Waals surface area contributed by atoms with Gasteiger partial charge < -0.3 is 14.5 Å². The van der Waals surface area contributed by atoms with Crippen LogP contribution >= 0.6 is 0 Å². The van der Waals surface area contributed by atoms with Crippen molar-refractivity contribution in [2.24, 2.45) is 0 Å². The molecule has 0 saturated heterocycles. The molecule has 0 aliphatic carbocycles. The third-order valence-electron chi connectivity index (χ3n) is 2.79. The van der Waals surface area contributed by atoms with Gasteiger partial charge in [-0.3, -0.25) is 4.79 Å². The van der Waals surface area contributed by atoms with E-state index in [1.165, 1.54) is 0 Å². The minimum Gasteiger partial charge on any atom is -0.497 e. The van der Waals surface area contributed by atoms with E-state index in [2.05, 4.69) is 4.98 Å². The highest BCUT2D eigenvalue weighted by atomic mass is 16.5. The maximum absolute atomic E-state index is 12.1. The molecule has 1 aromatic heterocycles. The fraction of sp³-hybridized carbons (Fsp3) is 0.0714. The third kappa shape index (κ3) is 1.68. The number of rotatable bonds is 2. The zero-order chi connectivity index (χ0) is 12.5. The van der Waals surface area contributed by atoms with Crippen molar-refractivity contribution in [2.75, 3.05) is 7.11 Å². The van der Waals surface area contributed by atoms with Crippen molar-refractivity contribution in [1.82, 2.24) is 4.98 Å². The molecule has 2 heterocycles. The molecule has 0 bridgehead atoms. The summed E-state index contributed by atoms with van der Waals surface area (Å²) < 4.78 is 10.6. The molecule has 0 fully saturated rings. The van der Waals surface area contributed by atoms with Crippen molar-refractivity contribution < 1.29 is 14.3 Å². The largest absolute Gasteiger partial charge is 0.497 e. The average molecular weight is 241 g/mol. The van der Waals surface area contributed by atoms with Crippen LogP contribution in [0, 0.1) is 0 Å². The minimum absolute atomic E-state index is 0.109. The Labute approximate surface area is 104 Å². The number of allylic oxidation sites excluding steroid dienone is 1. The van der Waals surface area contributed by atoms with E-state index in [4.69, 9.17) is 9.47 Å². The Hall–Kier alpha value is -2.49. The zero-order valence-electron chi connectivity index (χ0n) is 9.77. The predicted octanol–water partition coefficient (Wildman–Crippen LogP) is 2.64. The molecule has 0 unspecified atom stereocenters. The topological polar surface area (TPSA) is 51.3 Å². The number of fused-ring (bicyclic) bond motifs is 1. The summed E-state index contributed by atoms with van der Waals surface area (Å²) in [6.45, 7) is 0. The molecule has 18 heavy (non-hydrogen) atoms. The molecule has 0 amide bonds. The van der Waals surface area contributed by atoms with E-state index in [1.54, 1.807) is 37.6 Å². The molecule has 1 aromatic carbocycles. The molecule has 4 nitrogen and oxygen atoms in total. The average Bonchev–Trinajstić information content (AvgIpc) is 2.99. The quantitative estimate of drug-likeness (QED) is 0.822. The minimum atomic E-state index is -0.109.